The van der Waals surface area contributed by atoms with E-state index in [1.165, 1.54) is 12.1 Å². The number of alkyl halides is 1. The van der Waals surface area contributed by atoms with E-state index in [1.807, 2.05) is 0 Å². The summed E-state index contributed by atoms with van der Waals surface area (Å²) in [7, 11) is 0. The van der Waals surface area contributed by atoms with Gasteiger partial charge >= 0.3 is 0 Å². The highest BCUT2D eigenvalue weighted by molar-refractivity contribution is 9.10. The van der Waals surface area contributed by atoms with Gasteiger partial charge in [-0.15, -0.1) is 0 Å². The molecule has 6 heteroatoms. The normalized spacial score (nSPS) is 10.1. The minimum atomic E-state index is -0.470. The van der Waals surface area contributed by atoms with Crippen LogP contribution in [0.2, 0.25) is 0 Å². The molecule has 1 rings (SSSR count). The Morgan fingerprint density at radius 2 is 2.13 bits per heavy atom. The molecule has 0 aliphatic rings. The second-order valence-corrected chi connectivity index (χ2v) is 4.35. The summed E-state index contributed by atoms with van der Waals surface area (Å²) in [5.74, 6) is -0.103. The third-order valence-corrected chi connectivity index (χ3v) is 2.99. The fourth-order valence-corrected chi connectivity index (χ4v) is 2.23. The van der Waals surface area contributed by atoms with Crippen molar-refractivity contribution in [2.24, 2.45) is 0 Å². The number of nitro benzene ring substituents is 1. The first-order valence-electron chi connectivity index (χ1n) is 4.01. The number of nitro groups is 1. The van der Waals surface area contributed by atoms with E-state index in [0.717, 1.165) is 0 Å². The molecular weight excluding hydrogens is 330 g/mol. The van der Waals surface area contributed by atoms with Crippen LogP contribution in [0.25, 0.3) is 0 Å². The molecule has 1 aromatic rings. The van der Waals surface area contributed by atoms with Crippen molar-refractivity contribution in [2.45, 2.75) is 6.92 Å². The summed E-state index contributed by atoms with van der Waals surface area (Å²) in [6.07, 6.45) is 0. The summed E-state index contributed by atoms with van der Waals surface area (Å²) in [6.45, 7) is 1.61. The molecule has 0 N–H and O–H groups in total. The van der Waals surface area contributed by atoms with Crippen LogP contribution in [0.15, 0.2) is 16.6 Å². The van der Waals surface area contributed by atoms with Gasteiger partial charge in [-0.1, -0.05) is 15.9 Å². The van der Waals surface area contributed by atoms with Crippen LogP contribution in [0.4, 0.5) is 5.69 Å². The number of carbonyl (C=O) groups excluding carboxylic acids is 1. The predicted octanol–water partition coefficient (Wildman–Crippen LogP) is 3.24. The molecule has 0 atom stereocenters. The Morgan fingerprint density at radius 1 is 1.53 bits per heavy atom. The van der Waals surface area contributed by atoms with Crippen LogP contribution in [0, 0.1) is 17.0 Å². The number of nitrogens with zero attached hydrogens (tertiary/aromatic N) is 1. The number of halogens is 2. The van der Waals surface area contributed by atoms with Crippen molar-refractivity contribution in [3.8, 4) is 0 Å². The lowest BCUT2D eigenvalue weighted by atomic mass is 10.1. The Morgan fingerprint density at radius 3 is 2.53 bits per heavy atom. The summed E-state index contributed by atoms with van der Waals surface area (Å²) in [5.41, 5.74) is 0.932. The molecule has 1 aromatic carbocycles. The van der Waals surface area contributed by atoms with Gasteiger partial charge in [0.05, 0.1) is 14.7 Å². The Hall–Kier alpha value is -0.750. The molecule has 0 aliphatic carbocycles. The average Bonchev–Trinajstić information content (AvgIpc) is 2.14. The van der Waals surface area contributed by atoms with E-state index in [-0.39, 0.29) is 16.8 Å². The lowest BCUT2D eigenvalue weighted by Gasteiger charge is -2.03. The summed E-state index contributed by atoms with van der Waals surface area (Å²) in [6, 6.07) is 2.99. The van der Waals surface area contributed by atoms with Crippen molar-refractivity contribution in [2.75, 3.05) is 5.33 Å². The number of ketones is 1. The smallest absolute Gasteiger partial charge is 0.286 e. The van der Waals surface area contributed by atoms with Crippen molar-refractivity contribution in [1.82, 2.24) is 0 Å². The van der Waals surface area contributed by atoms with Gasteiger partial charge in [0.1, 0.15) is 0 Å². The maximum Gasteiger partial charge on any atom is 0.286 e. The van der Waals surface area contributed by atoms with Crippen LogP contribution < -0.4 is 0 Å². The van der Waals surface area contributed by atoms with Gasteiger partial charge in [0.2, 0.25) is 0 Å². The van der Waals surface area contributed by atoms with E-state index >= 15 is 0 Å². The second-order valence-electron chi connectivity index (χ2n) is 2.94. The van der Waals surface area contributed by atoms with Gasteiger partial charge in [0.15, 0.2) is 5.78 Å². The Labute approximate surface area is 103 Å². The zero-order valence-electron chi connectivity index (χ0n) is 7.79. The third-order valence-electron chi connectivity index (χ3n) is 1.88. The quantitative estimate of drug-likeness (QED) is 0.368. The first-order chi connectivity index (χ1) is 6.97. The molecule has 15 heavy (non-hydrogen) atoms. The van der Waals surface area contributed by atoms with Crippen molar-refractivity contribution in [1.29, 1.82) is 0 Å². The van der Waals surface area contributed by atoms with Gasteiger partial charge in [-0.3, -0.25) is 14.9 Å². The molecular formula is C9H7Br2NO3. The third kappa shape index (κ3) is 2.63. The van der Waals surface area contributed by atoms with E-state index in [0.29, 0.717) is 15.6 Å². The highest BCUT2D eigenvalue weighted by atomic mass is 79.9. The zero-order chi connectivity index (χ0) is 11.6. The molecule has 0 spiro atoms. The van der Waals surface area contributed by atoms with E-state index < -0.39 is 4.92 Å². The largest absolute Gasteiger partial charge is 0.293 e. The van der Waals surface area contributed by atoms with Gasteiger partial charge in [0.25, 0.3) is 5.69 Å². The molecule has 0 amide bonds. The van der Waals surface area contributed by atoms with E-state index in [2.05, 4.69) is 31.9 Å². The van der Waals surface area contributed by atoms with Gasteiger partial charge in [-0.2, -0.15) is 0 Å². The van der Waals surface area contributed by atoms with Crippen LogP contribution in [0.5, 0.6) is 0 Å². The van der Waals surface area contributed by atoms with E-state index in [1.54, 1.807) is 6.92 Å². The first-order valence-corrected chi connectivity index (χ1v) is 5.92. The Balaban J connectivity index is 3.31. The predicted molar refractivity (Wildman–Crippen MR) is 63.7 cm³/mol. The molecule has 0 unspecified atom stereocenters. The molecule has 0 heterocycles. The minimum absolute atomic E-state index is 0.00104. The lowest BCUT2D eigenvalue weighted by Crippen LogP contribution is -2.02. The van der Waals surface area contributed by atoms with Crippen molar-refractivity contribution in [3.63, 3.8) is 0 Å². The Bertz CT molecular complexity index is 408. The standard InChI is InChI=1S/C9H7Br2NO3/c1-5-2-6(8(13)4-10)3-7(11)9(5)12(14)15/h2-3H,4H2,1H3. The Kier molecular flexibility index (Phi) is 3.98. The minimum Gasteiger partial charge on any atom is -0.293 e. The molecule has 0 saturated carbocycles. The SMILES string of the molecule is Cc1cc(C(=O)CBr)cc(Br)c1[N+](=O)[O-]. The number of aryl methyl sites for hydroxylation is 1. The molecule has 0 bridgehead atoms. The maximum absolute atomic E-state index is 11.4. The molecule has 0 aromatic heterocycles. The fourth-order valence-electron chi connectivity index (χ4n) is 1.21. The molecule has 0 saturated heterocycles. The number of benzene rings is 1. The van der Waals surface area contributed by atoms with E-state index in [4.69, 9.17) is 0 Å². The van der Waals surface area contributed by atoms with Crippen LogP contribution in [0.3, 0.4) is 0 Å². The summed E-state index contributed by atoms with van der Waals surface area (Å²) in [4.78, 5) is 21.6. The fraction of sp³-hybridized carbons (Fsp3) is 0.222. The van der Waals surface area contributed by atoms with Gasteiger partial charge in [0, 0.05) is 11.1 Å². The zero-order valence-corrected chi connectivity index (χ0v) is 11.0. The van der Waals surface area contributed by atoms with Crippen LogP contribution in [-0.2, 0) is 0 Å². The summed E-state index contributed by atoms with van der Waals surface area (Å²) < 4.78 is 0.330. The van der Waals surface area contributed by atoms with Crippen LogP contribution in [0.1, 0.15) is 15.9 Å². The highest BCUT2D eigenvalue weighted by Crippen LogP contribution is 2.30. The highest BCUT2D eigenvalue weighted by Gasteiger charge is 2.18. The van der Waals surface area contributed by atoms with Crippen molar-refractivity contribution >= 4 is 43.3 Å². The van der Waals surface area contributed by atoms with Crippen molar-refractivity contribution < 1.29 is 9.72 Å². The average molecular weight is 337 g/mol. The van der Waals surface area contributed by atoms with E-state index in [9.17, 15) is 14.9 Å². The second kappa shape index (κ2) is 4.85. The number of hydrogen-bond donors (Lipinski definition) is 0. The number of carbonyl (C=O) groups is 1. The maximum atomic E-state index is 11.4. The van der Waals surface area contributed by atoms with Crippen LogP contribution >= 0.6 is 31.9 Å². The summed E-state index contributed by atoms with van der Waals surface area (Å²) >= 11 is 6.14. The molecule has 80 valence electrons. The van der Waals surface area contributed by atoms with Crippen LogP contribution in [-0.4, -0.2) is 16.0 Å². The number of hydrogen-bond acceptors (Lipinski definition) is 3. The van der Waals surface area contributed by atoms with Crippen molar-refractivity contribution in [3.05, 3.63) is 37.8 Å². The van der Waals surface area contributed by atoms with Gasteiger partial charge in [-0.25, -0.2) is 0 Å². The monoisotopic (exact) mass is 335 g/mol. The lowest BCUT2D eigenvalue weighted by molar-refractivity contribution is -0.386. The molecule has 0 fully saturated rings. The molecule has 4 nitrogen and oxygen atoms in total. The first kappa shape index (κ1) is 12.3. The molecule has 0 radical (unpaired) electrons. The van der Waals surface area contributed by atoms with Gasteiger partial charge < -0.3 is 0 Å². The summed E-state index contributed by atoms with van der Waals surface area (Å²) in [5, 5.41) is 10.9. The number of Topliss-reactive ketones (excluding diaryl/α,β-unsaturated/α-hetero) is 1. The van der Waals surface area contributed by atoms with Gasteiger partial charge in [-0.05, 0) is 35.0 Å². The topological polar surface area (TPSA) is 60.2 Å². The number of rotatable bonds is 3. The molecule has 0 aliphatic heterocycles.